The summed E-state index contributed by atoms with van der Waals surface area (Å²) in [6.07, 6.45) is 5.12. The number of aliphatic hydroxyl groups excluding tert-OH is 1. The Hall–Kier alpha value is -1.77. The Bertz CT molecular complexity index is 442. The van der Waals surface area contributed by atoms with Crippen molar-refractivity contribution < 1.29 is 15.0 Å². The largest absolute Gasteiger partial charge is 0.476 e. The maximum absolute atomic E-state index is 10.7. The Morgan fingerprint density at radius 2 is 2.38 bits per heavy atom. The summed E-state index contributed by atoms with van der Waals surface area (Å²) in [5.74, 6) is 1.30. The highest BCUT2D eigenvalue weighted by Gasteiger charge is 2.12. The summed E-state index contributed by atoms with van der Waals surface area (Å²) < 4.78 is 0. The van der Waals surface area contributed by atoms with Gasteiger partial charge >= 0.3 is 5.97 Å². The molecule has 0 aliphatic heterocycles. The zero-order valence-electron chi connectivity index (χ0n) is 8.14. The minimum Gasteiger partial charge on any atom is -0.476 e. The van der Waals surface area contributed by atoms with Crippen molar-refractivity contribution in [2.24, 2.45) is 0 Å². The number of carboxylic acid groups (broad SMARTS) is 1. The van der Waals surface area contributed by atoms with Crippen LogP contribution in [-0.4, -0.2) is 33.8 Å². The van der Waals surface area contributed by atoms with Gasteiger partial charge in [0.2, 0.25) is 0 Å². The summed E-state index contributed by atoms with van der Waals surface area (Å²) in [6.45, 7) is -0.275. The molecular formula is C10H9ClN2O3. The molecule has 3 N–H and O–H groups in total. The van der Waals surface area contributed by atoms with Crippen LogP contribution in [-0.2, 0) is 0 Å². The summed E-state index contributed by atoms with van der Waals surface area (Å²) >= 11 is 5.63. The van der Waals surface area contributed by atoms with E-state index in [4.69, 9.17) is 28.2 Å². The molecule has 0 aliphatic carbocycles. The average Bonchev–Trinajstić information content (AvgIpc) is 2.27. The van der Waals surface area contributed by atoms with Crippen molar-refractivity contribution in [3.8, 4) is 12.3 Å². The van der Waals surface area contributed by atoms with E-state index in [1.165, 1.54) is 12.1 Å². The number of hydrogen-bond acceptors (Lipinski definition) is 4. The third-order valence-electron chi connectivity index (χ3n) is 1.75. The molecule has 1 atom stereocenters. The third kappa shape index (κ3) is 2.86. The van der Waals surface area contributed by atoms with Gasteiger partial charge in [-0.3, -0.25) is 0 Å². The molecule has 0 spiro atoms. The lowest BCUT2D eigenvalue weighted by Gasteiger charge is -2.11. The van der Waals surface area contributed by atoms with Crippen LogP contribution < -0.4 is 5.32 Å². The Morgan fingerprint density at radius 1 is 1.69 bits per heavy atom. The number of hydrogen-bond donors (Lipinski definition) is 3. The van der Waals surface area contributed by atoms with E-state index in [1.54, 1.807) is 0 Å². The molecular weight excluding hydrogens is 232 g/mol. The second-order valence-electron chi connectivity index (χ2n) is 2.88. The molecule has 0 saturated carbocycles. The number of halogens is 1. The third-order valence-corrected chi connectivity index (χ3v) is 2.06. The number of terminal acetylenes is 1. The minimum atomic E-state index is -1.23. The molecule has 1 rings (SSSR count). The molecule has 84 valence electrons. The van der Waals surface area contributed by atoms with Crippen molar-refractivity contribution in [1.29, 1.82) is 0 Å². The van der Waals surface area contributed by atoms with Crippen molar-refractivity contribution in [2.45, 2.75) is 6.04 Å². The van der Waals surface area contributed by atoms with E-state index in [1.807, 2.05) is 0 Å². The number of nitrogens with zero attached hydrogens (tertiary/aromatic N) is 1. The maximum atomic E-state index is 10.7. The highest BCUT2D eigenvalue weighted by Crippen LogP contribution is 2.16. The van der Waals surface area contributed by atoms with Gasteiger partial charge in [0.15, 0.2) is 5.69 Å². The molecule has 0 aromatic carbocycles. The van der Waals surface area contributed by atoms with Crippen LogP contribution in [0.1, 0.15) is 10.5 Å². The highest BCUT2D eigenvalue weighted by molar-refractivity contribution is 6.33. The van der Waals surface area contributed by atoms with Gasteiger partial charge in [0.25, 0.3) is 0 Å². The standard InChI is InChI=1S/C10H9ClN2O3/c1-2-6(5-14)12-8-4-3-7(11)9(13-8)10(15)16/h1,3-4,6,14H,5H2,(H,12,13)(H,15,16). The Morgan fingerprint density at radius 3 is 2.88 bits per heavy atom. The van der Waals surface area contributed by atoms with Crippen molar-refractivity contribution in [3.05, 3.63) is 22.8 Å². The van der Waals surface area contributed by atoms with Crippen molar-refractivity contribution in [3.63, 3.8) is 0 Å². The van der Waals surface area contributed by atoms with Crippen LogP contribution in [0.15, 0.2) is 12.1 Å². The van der Waals surface area contributed by atoms with Crippen molar-refractivity contribution in [1.82, 2.24) is 4.98 Å². The van der Waals surface area contributed by atoms with E-state index in [2.05, 4.69) is 16.2 Å². The van der Waals surface area contributed by atoms with Gasteiger partial charge in [0, 0.05) is 0 Å². The fourth-order valence-electron chi connectivity index (χ4n) is 0.991. The van der Waals surface area contributed by atoms with Gasteiger partial charge in [0.1, 0.15) is 11.9 Å². The molecule has 5 nitrogen and oxygen atoms in total. The number of carboxylic acids is 1. The van der Waals surface area contributed by atoms with E-state index < -0.39 is 12.0 Å². The molecule has 0 bridgehead atoms. The van der Waals surface area contributed by atoms with Crippen molar-refractivity contribution >= 4 is 23.4 Å². The number of rotatable bonds is 4. The summed E-state index contributed by atoms with van der Waals surface area (Å²) in [7, 11) is 0. The smallest absolute Gasteiger partial charge is 0.356 e. The molecule has 6 heteroatoms. The predicted octanol–water partition coefficient (Wildman–Crippen LogP) is 0.839. The average molecular weight is 241 g/mol. The second-order valence-corrected chi connectivity index (χ2v) is 3.29. The van der Waals surface area contributed by atoms with Crippen LogP contribution in [0.3, 0.4) is 0 Å². The van der Waals surface area contributed by atoms with Gasteiger partial charge in [-0.2, -0.15) is 0 Å². The van der Waals surface area contributed by atoms with E-state index in [0.29, 0.717) is 0 Å². The molecule has 1 aromatic heterocycles. The molecule has 1 heterocycles. The monoisotopic (exact) mass is 240 g/mol. The maximum Gasteiger partial charge on any atom is 0.356 e. The van der Waals surface area contributed by atoms with Crippen LogP contribution in [0.4, 0.5) is 5.82 Å². The first-order valence-corrected chi connectivity index (χ1v) is 4.69. The van der Waals surface area contributed by atoms with E-state index in [9.17, 15) is 4.79 Å². The van der Waals surface area contributed by atoms with Crippen LogP contribution in [0.5, 0.6) is 0 Å². The molecule has 1 aromatic rings. The number of anilines is 1. The van der Waals surface area contributed by atoms with E-state index in [-0.39, 0.29) is 23.1 Å². The number of aliphatic hydroxyl groups is 1. The summed E-state index contributed by atoms with van der Waals surface area (Å²) in [6, 6.07) is 2.26. The van der Waals surface area contributed by atoms with Crippen LogP contribution in [0.2, 0.25) is 5.02 Å². The van der Waals surface area contributed by atoms with Gasteiger partial charge in [-0.05, 0) is 12.1 Å². The molecule has 0 amide bonds. The number of nitrogens with one attached hydrogen (secondary N) is 1. The first-order chi connectivity index (χ1) is 7.58. The first kappa shape index (κ1) is 12.3. The first-order valence-electron chi connectivity index (χ1n) is 4.32. The van der Waals surface area contributed by atoms with Crippen LogP contribution >= 0.6 is 11.6 Å². The zero-order chi connectivity index (χ0) is 12.1. The molecule has 0 radical (unpaired) electrons. The fourth-order valence-corrected chi connectivity index (χ4v) is 1.18. The summed E-state index contributed by atoms with van der Waals surface area (Å²) in [4.78, 5) is 14.5. The number of carbonyl (C=O) groups is 1. The molecule has 0 fully saturated rings. The lowest BCUT2D eigenvalue weighted by atomic mass is 10.3. The van der Waals surface area contributed by atoms with Gasteiger partial charge in [-0.25, -0.2) is 9.78 Å². The lowest BCUT2D eigenvalue weighted by Crippen LogP contribution is -2.22. The SMILES string of the molecule is C#CC(CO)Nc1ccc(Cl)c(C(=O)O)n1. The van der Waals surface area contributed by atoms with Crippen LogP contribution in [0, 0.1) is 12.3 Å². The second kappa shape index (κ2) is 5.35. The minimum absolute atomic E-state index is 0.0410. The van der Waals surface area contributed by atoms with Gasteiger partial charge < -0.3 is 15.5 Å². The fraction of sp³-hybridized carbons (Fsp3) is 0.200. The zero-order valence-corrected chi connectivity index (χ0v) is 8.90. The quantitative estimate of drug-likeness (QED) is 0.680. The highest BCUT2D eigenvalue weighted by atomic mass is 35.5. The molecule has 0 aliphatic rings. The van der Waals surface area contributed by atoms with Gasteiger partial charge in [0.05, 0.1) is 11.6 Å². The van der Waals surface area contributed by atoms with Gasteiger partial charge in [-0.15, -0.1) is 6.42 Å². The molecule has 16 heavy (non-hydrogen) atoms. The number of pyridine rings is 1. The molecule has 1 unspecified atom stereocenters. The lowest BCUT2D eigenvalue weighted by molar-refractivity contribution is 0.0691. The summed E-state index contributed by atoms with van der Waals surface area (Å²) in [5, 5.41) is 20.3. The number of aromatic carboxylic acids is 1. The Kier molecular flexibility index (Phi) is 4.11. The summed E-state index contributed by atoms with van der Waals surface area (Å²) in [5.41, 5.74) is -0.264. The topological polar surface area (TPSA) is 82.5 Å². The predicted molar refractivity (Wildman–Crippen MR) is 59.5 cm³/mol. The van der Waals surface area contributed by atoms with E-state index in [0.717, 1.165) is 0 Å². The van der Waals surface area contributed by atoms with E-state index >= 15 is 0 Å². The van der Waals surface area contributed by atoms with Crippen molar-refractivity contribution in [2.75, 3.05) is 11.9 Å². The van der Waals surface area contributed by atoms with Crippen LogP contribution in [0.25, 0.3) is 0 Å². The normalized spacial score (nSPS) is 11.6. The van der Waals surface area contributed by atoms with Gasteiger partial charge in [-0.1, -0.05) is 17.5 Å². The number of aromatic nitrogens is 1. The Balaban J connectivity index is 2.96. The Labute approximate surface area is 97.1 Å². The molecule has 0 saturated heterocycles.